The fourth-order valence-corrected chi connectivity index (χ4v) is 2.06. The molecular weight excluding hydrogens is 252 g/mol. The minimum atomic E-state index is -0.133. The first kappa shape index (κ1) is 14.3. The van der Waals surface area contributed by atoms with Gasteiger partial charge in [0.2, 0.25) is 0 Å². The van der Waals surface area contributed by atoms with Crippen LogP contribution in [0.25, 0.3) is 0 Å². The number of carbonyl (C=O) groups excluding carboxylic acids is 1. The second-order valence-electron chi connectivity index (χ2n) is 4.82. The molecule has 1 aromatic heterocycles. The maximum Gasteiger partial charge on any atom is 0.259 e. The lowest BCUT2D eigenvalue weighted by Crippen LogP contribution is -2.18. The maximum atomic E-state index is 12.3. The van der Waals surface area contributed by atoms with E-state index in [4.69, 9.17) is 0 Å². The van der Waals surface area contributed by atoms with Crippen molar-refractivity contribution in [2.24, 2.45) is 7.05 Å². The monoisotopic (exact) mass is 272 g/mol. The molecule has 0 radical (unpaired) electrons. The van der Waals surface area contributed by atoms with Gasteiger partial charge in [-0.1, -0.05) is 18.2 Å². The van der Waals surface area contributed by atoms with E-state index in [0.717, 1.165) is 16.9 Å². The summed E-state index contributed by atoms with van der Waals surface area (Å²) in [6, 6.07) is 7.97. The molecule has 2 rings (SSSR count). The van der Waals surface area contributed by atoms with E-state index >= 15 is 0 Å². The first-order valence-corrected chi connectivity index (χ1v) is 6.60. The van der Waals surface area contributed by atoms with Crippen LogP contribution in [0.1, 0.15) is 34.6 Å². The van der Waals surface area contributed by atoms with Crippen LogP contribution in [0.4, 0.5) is 5.69 Å². The Kier molecular flexibility index (Phi) is 4.20. The van der Waals surface area contributed by atoms with Crippen molar-refractivity contribution in [3.63, 3.8) is 0 Å². The van der Waals surface area contributed by atoms with E-state index in [1.807, 2.05) is 45.3 Å². The van der Waals surface area contributed by atoms with E-state index in [1.165, 1.54) is 0 Å². The highest BCUT2D eigenvalue weighted by Crippen LogP contribution is 2.23. The Morgan fingerprint density at radius 1 is 1.35 bits per heavy atom. The average molecular weight is 272 g/mol. The summed E-state index contributed by atoms with van der Waals surface area (Å²) >= 11 is 0. The van der Waals surface area contributed by atoms with Crippen molar-refractivity contribution in [2.45, 2.75) is 19.9 Å². The number of aryl methyl sites for hydroxylation is 1. The second kappa shape index (κ2) is 5.88. The minimum absolute atomic E-state index is 0.133. The largest absolute Gasteiger partial charge is 0.322 e. The Labute approximate surface area is 119 Å². The van der Waals surface area contributed by atoms with Crippen molar-refractivity contribution < 1.29 is 4.79 Å². The quantitative estimate of drug-likeness (QED) is 0.897. The minimum Gasteiger partial charge on any atom is -0.322 e. The number of benzene rings is 1. The highest BCUT2D eigenvalue weighted by molar-refractivity contribution is 6.05. The molecule has 1 unspecified atom stereocenters. The summed E-state index contributed by atoms with van der Waals surface area (Å²) in [7, 11) is 3.72. The van der Waals surface area contributed by atoms with Gasteiger partial charge in [-0.2, -0.15) is 5.10 Å². The number of amides is 1. The molecule has 0 saturated heterocycles. The first-order valence-electron chi connectivity index (χ1n) is 6.60. The van der Waals surface area contributed by atoms with Crippen LogP contribution >= 0.6 is 0 Å². The Morgan fingerprint density at radius 2 is 2.05 bits per heavy atom. The van der Waals surface area contributed by atoms with Crippen molar-refractivity contribution in [1.29, 1.82) is 0 Å². The first-order chi connectivity index (χ1) is 9.54. The van der Waals surface area contributed by atoms with Crippen molar-refractivity contribution >= 4 is 11.6 Å². The van der Waals surface area contributed by atoms with Gasteiger partial charge in [0.05, 0.1) is 11.8 Å². The molecule has 0 aliphatic carbocycles. The third-order valence-electron chi connectivity index (χ3n) is 3.59. The van der Waals surface area contributed by atoms with E-state index in [2.05, 4.69) is 22.7 Å². The van der Waals surface area contributed by atoms with Crippen LogP contribution in [-0.4, -0.2) is 22.7 Å². The van der Waals surface area contributed by atoms with E-state index in [0.29, 0.717) is 5.56 Å². The number of aromatic nitrogens is 2. The van der Waals surface area contributed by atoms with E-state index in [9.17, 15) is 4.79 Å². The average Bonchev–Trinajstić information content (AvgIpc) is 2.79. The zero-order valence-electron chi connectivity index (χ0n) is 12.3. The molecule has 20 heavy (non-hydrogen) atoms. The molecule has 1 heterocycles. The van der Waals surface area contributed by atoms with E-state index < -0.39 is 0 Å². The molecule has 1 amide bonds. The predicted octanol–water partition coefficient (Wildman–Crippen LogP) is 2.26. The maximum absolute atomic E-state index is 12.3. The Hall–Kier alpha value is -2.14. The summed E-state index contributed by atoms with van der Waals surface area (Å²) in [5.41, 5.74) is 3.33. The molecular formula is C15H20N4O. The summed E-state index contributed by atoms with van der Waals surface area (Å²) in [5.74, 6) is -0.133. The number of hydrogen-bond acceptors (Lipinski definition) is 3. The molecule has 2 N–H and O–H groups in total. The van der Waals surface area contributed by atoms with Gasteiger partial charge < -0.3 is 10.6 Å². The van der Waals surface area contributed by atoms with Crippen LogP contribution in [0, 0.1) is 6.92 Å². The van der Waals surface area contributed by atoms with Gasteiger partial charge >= 0.3 is 0 Å². The van der Waals surface area contributed by atoms with Gasteiger partial charge in [-0.25, -0.2) is 0 Å². The summed E-state index contributed by atoms with van der Waals surface area (Å²) in [6.07, 6.45) is 1.59. The number of para-hydroxylation sites is 1. The van der Waals surface area contributed by atoms with Gasteiger partial charge in [0.25, 0.3) is 5.91 Å². The molecule has 1 atom stereocenters. The number of rotatable bonds is 4. The molecule has 2 aromatic rings. The van der Waals surface area contributed by atoms with Crippen molar-refractivity contribution in [3.05, 3.63) is 47.3 Å². The van der Waals surface area contributed by atoms with Crippen LogP contribution in [0.3, 0.4) is 0 Å². The lowest BCUT2D eigenvalue weighted by molar-refractivity contribution is 0.102. The smallest absolute Gasteiger partial charge is 0.259 e. The number of nitrogens with zero attached hydrogens (tertiary/aromatic N) is 2. The third-order valence-corrected chi connectivity index (χ3v) is 3.59. The van der Waals surface area contributed by atoms with Crippen molar-refractivity contribution in [2.75, 3.05) is 12.4 Å². The molecule has 106 valence electrons. The Bertz CT molecular complexity index is 618. The topological polar surface area (TPSA) is 58.9 Å². The Morgan fingerprint density at radius 3 is 2.65 bits per heavy atom. The molecule has 1 aromatic carbocycles. The van der Waals surface area contributed by atoms with Crippen LogP contribution in [0.5, 0.6) is 0 Å². The summed E-state index contributed by atoms with van der Waals surface area (Å²) < 4.78 is 1.69. The molecule has 0 bridgehead atoms. The zero-order chi connectivity index (χ0) is 14.7. The number of carbonyl (C=O) groups is 1. The highest BCUT2D eigenvalue weighted by atomic mass is 16.1. The Balaban J connectivity index is 2.26. The molecule has 5 heteroatoms. The predicted molar refractivity (Wildman–Crippen MR) is 79.8 cm³/mol. The van der Waals surface area contributed by atoms with Gasteiger partial charge in [-0.15, -0.1) is 0 Å². The molecule has 0 saturated carbocycles. The van der Waals surface area contributed by atoms with Crippen LogP contribution in [0.2, 0.25) is 0 Å². The van der Waals surface area contributed by atoms with Crippen LogP contribution in [0.15, 0.2) is 30.5 Å². The fraction of sp³-hybridized carbons (Fsp3) is 0.333. The van der Waals surface area contributed by atoms with Gasteiger partial charge in [-0.05, 0) is 32.5 Å². The van der Waals surface area contributed by atoms with Gasteiger partial charge in [0.1, 0.15) is 0 Å². The van der Waals surface area contributed by atoms with Gasteiger partial charge in [-0.3, -0.25) is 9.48 Å². The normalized spacial score (nSPS) is 12.2. The second-order valence-corrected chi connectivity index (χ2v) is 4.82. The molecule has 0 aliphatic heterocycles. The molecule has 0 spiro atoms. The lowest BCUT2D eigenvalue weighted by Gasteiger charge is -2.16. The lowest BCUT2D eigenvalue weighted by atomic mass is 10.1. The number of anilines is 1. The zero-order valence-corrected chi connectivity index (χ0v) is 12.3. The standard InChI is InChI=1S/C15H20N4O/c1-10(16-3)12-7-5-6-8-14(12)18-15(20)13-9-17-19(4)11(13)2/h5-10,16H,1-4H3,(H,18,20). The highest BCUT2D eigenvalue weighted by Gasteiger charge is 2.15. The fourth-order valence-electron chi connectivity index (χ4n) is 2.06. The number of hydrogen-bond donors (Lipinski definition) is 2. The molecule has 0 fully saturated rings. The molecule has 0 aliphatic rings. The number of nitrogens with one attached hydrogen (secondary N) is 2. The molecule has 5 nitrogen and oxygen atoms in total. The van der Waals surface area contributed by atoms with E-state index in [1.54, 1.807) is 10.9 Å². The van der Waals surface area contributed by atoms with Crippen molar-refractivity contribution in [3.8, 4) is 0 Å². The van der Waals surface area contributed by atoms with Gasteiger partial charge in [0, 0.05) is 24.5 Å². The SMILES string of the molecule is CNC(C)c1ccccc1NC(=O)c1cnn(C)c1C. The third kappa shape index (κ3) is 2.72. The van der Waals surface area contributed by atoms with Crippen molar-refractivity contribution in [1.82, 2.24) is 15.1 Å². The van der Waals surface area contributed by atoms with Crippen LogP contribution in [-0.2, 0) is 7.05 Å². The summed E-state index contributed by atoms with van der Waals surface area (Å²) in [5, 5.41) is 10.2. The van der Waals surface area contributed by atoms with Gasteiger partial charge in [0.15, 0.2) is 0 Å². The summed E-state index contributed by atoms with van der Waals surface area (Å²) in [6.45, 7) is 3.93. The van der Waals surface area contributed by atoms with E-state index in [-0.39, 0.29) is 11.9 Å². The van der Waals surface area contributed by atoms with Crippen LogP contribution < -0.4 is 10.6 Å². The summed E-state index contributed by atoms with van der Waals surface area (Å²) in [4.78, 5) is 12.3.